The third-order valence-electron chi connectivity index (χ3n) is 7.96. The molecule has 3 aliphatic heterocycles. The number of hydrazone groups is 1. The molecule has 0 aliphatic carbocycles. The van der Waals surface area contributed by atoms with Gasteiger partial charge in [-0.2, -0.15) is 5.10 Å². The van der Waals surface area contributed by atoms with Crippen molar-refractivity contribution in [1.82, 2.24) is 9.91 Å². The van der Waals surface area contributed by atoms with Gasteiger partial charge in [0, 0.05) is 36.7 Å². The lowest BCUT2D eigenvalue weighted by Gasteiger charge is -2.35. The highest BCUT2D eigenvalue weighted by molar-refractivity contribution is 6.20. The first-order valence-corrected chi connectivity index (χ1v) is 13.3. The third-order valence-corrected chi connectivity index (χ3v) is 7.96. The minimum Gasteiger partial charge on any atom is -0.497 e. The molecular formula is C30H37N3O6. The molecule has 2 amide bonds. The number of carbonyl (C=O) groups excluding carboxylic acids is 2. The Morgan fingerprint density at radius 2 is 1.67 bits per heavy atom. The first kappa shape index (κ1) is 26.8. The molecule has 1 fully saturated rings. The summed E-state index contributed by atoms with van der Waals surface area (Å²) >= 11 is 0. The second kappa shape index (κ2) is 9.77. The molecule has 5 rings (SSSR count). The van der Waals surface area contributed by atoms with Crippen molar-refractivity contribution < 1.29 is 28.5 Å². The highest BCUT2D eigenvalue weighted by atomic mass is 16.5. The van der Waals surface area contributed by atoms with Gasteiger partial charge in [-0.05, 0) is 64.8 Å². The van der Waals surface area contributed by atoms with E-state index in [0.29, 0.717) is 55.2 Å². The smallest absolute Gasteiger partial charge is 0.257 e. The van der Waals surface area contributed by atoms with Gasteiger partial charge >= 0.3 is 0 Å². The van der Waals surface area contributed by atoms with Crippen molar-refractivity contribution >= 4 is 17.5 Å². The predicted octanol–water partition coefficient (Wildman–Crippen LogP) is 4.30. The Labute approximate surface area is 229 Å². The molecule has 3 heterocycles. The largest absolute Gasteiger partial charge is 0.497 e. The Morgan fingerprint density at radius 1 is 0.974 bits per heavy atom. The fraction of sp³-hybridized carbons (Fsp3) is 0.500. The van der Waals surface area contributed by atoms with Gasteiger partial charge in [0.25, 0.3) is 11.8 Å². The third kappa shape index (κ3) is 4.57. The van der Waals surface area contributed by atoms with Gasteiger partial charge in [-0.15, -0.1) is 0 Å². The summed E-state index contributed by atoms with van der Waals surface area (Å²) in [7, 11) is 4.75. The number of nitrogens with zero attached hydrogens (tertiary/aromatic N) is 3. The van der Waals surface area contributed by atoms with Crippen molar-refractivity contribution in [3.8, 4) is 23.0 Å². The topological polar surface area (TPSA) is 89.9 Å². The molecule has 2 aromatic rings. The van der Waals surface area contributed by atoms with Crippen LogP contribution in [0.15, 0.2) is 35.4 Å². The first-order valence-electron chi connectivity index (χ1n) is 13.3. The summed E-state index contributed by atoms with van der Waals surface area (Å²) in [6.07, 6.45) is 1.98. The number of amides is 2. The van der Waals surface area contributed by atoms with Crippen LogP contribution in [0.5, 0.6) is 23.0 Å². The Kier molecular flexibility index (Phi) is 6.73. The lowest BCUT2D eigenvalue weighted by atomic mass is 9.80. The van der Waals surface area contributed by atoms with Crippen molar-refractivity contribution in [3.63, 3.8) is 0 Å². The van der Waals surface area contributed by atoms with E-state index in [9.17, 15) is 9.59 Å². The van der Waals surface area contributed by atoms with Crippen LogP contribution in [0.4, 0.5) is 0 Å². The normalized spacial score (nSPS) is 19.9. The number of piperidine rings is 1. The number of methoxy groups -OCH3 is 3. The summed E-state index contributed by atoms with van der Waals surface area (Å²) in [5.41, 5.74) is 2.03. The van der Waals surface area contributed by atoms with Crippen molar-refractivity contribution in [2.24, 2.45) is 10.5 Å². The highest BCUT2D eigenvalue weighted by Crippen LogP contribution is 2.46. The van der Waals surface area contributed by atoms with E-state index in [2.05, 4.69) is 0 Å². The zero-order chi connectivity index (χ0) is 28.1. The molecule has 0 atom stereocenters. The summed E-state index contributed by atoms with van der Waals surface area (Å²) < 4.78 is 22.5. The molecule has 2 aromatic carbocycles. The maximum atomic E-state index is 13.7. The quantitative estimate of drug-likeness (QED) is 0.548. The van der Waals surface area contributed by atoms with Gasteiger partial charge in [-0.25, -0.2) is 5.01 Å². The number of rotatable bonds is 6. The average Bonchev–Trinajstić information content (AvgIpc) is 3.38. The number of likely N-dealkylation sites (tertiary alicyclic amines) is 1. The molecule has 9 nitrogen and oxygen atoms in total. The molecular weight excluding hydrogens is 498 g/mol. The van der Waals surface area contributed by atoms with Gasteiger partial charge < -0.3 is 23.8 Å². The molecule has 3 aliphatic rings. The number of hydrogen-bond donors (Lipinski definition) is 0. The van der Waals surface area contributed by atoms with Crippen molar-refractivity contribution in [2.45, 2.75) is 58.6 Å². The van der Waals surface area contributed by atoms with Gasteiger partial charge in [-0.1, -0.05) is 0 Å². The van der Waals surface area contributed by atoms with Gasteiger partial charge in [0.05, 0.1) is 44.1 Å². The number of hydrogen-bond acceptors (Lipinski definition) is 7. The SMILES string of the molecule is COc1ccc(C(=O)N2CCC(N3N=C(c4ccc(OC)c5c4CC(C)(C)O5)C(C)(C)C3=O)CC2)c(OC)c1. The lowest BCUT2D eigenvalue weighted by molar-refractivity contribution is -0.137. The minimum absolute atomic E-state index is 0.0261. The van der Waals surface area contributed by atoms with Crippen LogP contribution in [0.25, 0.3) is 0 Å². The molecule has 0 unspecified atom stereocenters. The Balaban J connectivity index is 1.37. The molecule has 0 radical (unpaired) electrons. The molecule has 0 N–H and O–H groups in total. The van der Waals surface area contributed by atoms with Gasteiger partial charge in [0.15, 0.2) is 11.5 Å². The van der Waals surface area contributed by atoms with Gasteiger partial charge in [-0.3, -0.25) is 9.59 Å². The zero-order valence-electron chi connectivity index (χ0n) is 23.8. The highest BCUT2D eigenvalue weighted by Gasteiger charge is 2.48. The number of benzene rings is 2. The monoisotopic (exact) mass is 535 g/mol. The van der Waals surface area contributed by atoms with E-state index in [1.165, 1.54) is 0 Å². The molecule has 0 aromatic heterocycles. The van der Waals surface area contributed by atoms with Crippen LogP contribution in [0.1, 0.15) is 62.0 Å². The molecule has 9 heteroatoms. The maximum absolute atomic E-state index is 13.7. The van der Waals surface area contributed by atoms with Gasteiger partial charge in [0.2, 0.25) is 0 Å². The second-order valence-electron chi connectivity index (χ2n) is 11.5. The number of ether oxygens (including phenoxy) is 4. The van der Waals surface area contributed by atoms with Crippen molar-refractivity contribution in [3.05, 3.63) is 47.0 Å². The van der Waals surface area contributed by atoms with Crippen LogP contribution in [0.2, 0.25) is 0 Å². The molecule has 0 saturated carbocycles. The molecule has 208 valence electrons. The van der Waals surface area contributed by atoms with Crippen LogP contribution in [-0.4, -0.2) is 73.5 Å². The Hall–Kier alpha value is -3.75. The fourth-order valence-electron chi connectivity index (χ4n) is 5.78. The molecule has 39 heavy (non-hydrogen) atoms. The Morgan fingerprint density at radius 3 is 2.31 bits per heavy atom. The van der Waals surface area contributed by atoms with E-state index in [1.807, 2.05) is 44.7 Å². The van der Waals surface area contributed by atoms with Gasteiger partial charge in [0.1, 0.15) is 17.1 Å². The molecule has 0 spiro atoms. The van der Waals surface area contributed by atoms with E-state index in [1.54, 1.807) is 44.5 Å². The van der Waals surface area contributed by atoms with E-state index in [0.717, 1.165) is 22.6 Å². The van der Waals surface area contributed by atoms with E-state index in [4.69, 9.17) is 24.0 Å². The predicted molar refractivity (Wildman–Crippen MR) is 147 cm³/mol. The molecule has 0 bridgehead atoms. The van der Waals surface area contributed by atoms with Crippen LogP contribution >= 0.6 is 0 Å². The fourth-order valence-corrected chi connectivity index (χ4v) is 5.78. The summed E-state index contributed by atoms with van der Waals surface area (Å²) in [5.74, 6) is 2.40. The summed E-state index contributed by atoms with van der Waals surface area (Å²) in [4.78, 5) is 28.8. The van der Waals surface area contributed by atoms with Crippen LogP contribution < -0.4 is 18.9 Å². The minimum atomic E-state index is -0.793. The van der Waals surface area contributed by atoms with E-state index < -0.39 is 5.41 Å². The molecule has 1 saturated heterocycles. The van der Waals surface area contributed by atoms with E-state index in [-0.39, 0.29) is 23.5 Å². The summed E-state index contributed by atoms with van der Waals surface area (Å²) in [5, 5.41) is 6.59. The number of carbonyl (C=O) groups is 2. The lowest BCUT2D eigenvalue weighted by Crippen LogP contribution is -2.47. The van der Waals surface area contributed by atoms with Crippen LogP contribution in [0, 0.1) is 5.41 Å². The first-order chi connectivity index (χ1) is 18.5. The Bertz CT molecular complexity index is 1340. The van der Waals surface area contributed by atoms with Crippen LogP contribution in [-0.2, 0) is 11.2 Å². The average molecular weight is 536 g/mol. The van der Waals surface area contributed by atoms with Crippen LogP contribution in [0.3, 0.4) is 0 Å². The second-order valence-corrected chi connectivity index (χ2v) is 11.5. The standard InChI is InChI=1S/C30H37N3O6/c1-29(2)17-22-20(10-11-23(37-6)25(22)39-29)26-30(3,4)28(35)33(31-26)18-12-14-32(15-13-18)27(34)21-9-8-19(36-5)16-24(21)38-7/h8-11,16,18H,12-15,17H2,1-7H3. The zero-order valence-corrected chi connectivity index (χ0v) is 23.8. The van der Waals surface area contributed by atoms with Crippen molar-refractivity contribution in [2.75, 3.05) is 34.4 Å². The number of fused-ring (bicyclic) bond motifs is 1. The maximum Gasteiger partial charge on any atom is 0.257 e. The summed E-state index contributed by atoms with van der Waals surface area (Å²) in [6.45, 7) is 9.00. The summed E-state index contributed by atoms with van der Waals surface area (Å²) in [6, 6.07) is 8.99. The van der Waals surface area contributed by atoms with Crippen molar-refractivity contribution in [1.29, 1.82) is 0 Å². The van der Waals surface area contributed by atoms with E-state index >= 15 is 0 Å².